The molecule has 2 heterocycles. The van der Waals surface area contributed by atoms with Crippen LogP contribution in [-0.4, -0.2) is 47.2 Å². The molecule has 5 nitrogen and oxygen atoms in total. The van der Waals surface area contributed by atoms with Gasteiger partial charge < -0.3 is 10.2 Å². The third-order valence-electron chi connectivity index (χ3n) is 4.09. The first-order valence-electron chi connectivity index (χ1n) is 7.89. The molecule has 0 aliphatic carbocycles. The zero-order valence-electron chi connectivity index (χ0n) is 13.8. The predicted molar refractivity (Wildman–Crippen MR) is 103 cm³/mol. The van der Waals surface area contributed by atoms with Crippen molar-refractivity contribution in [3.63, 3.8) is 0 Å². The van der Waals surface area contributed by atoms with Crippen LogP contribution in [0.1, 0.15) is 23.3 Å². The quantitative estimate of drug-likeness (QED) is 0.853. The molecule has 1 amide bonds. The van der Waals surface area contributed by atoms with E-state index in [0.29, 0.717) is 15.7 Å². The molecule has 25 heavy (non-hydrogen) atoms. The number of halogens is 2. The van der Waals surface area contributed by atoms with Crippen LogP contribution in [0.5, 0.6) is 0 Å². The Hall–Kier alpha value is -1.34. The molecule has 1 fully saturated rings. The van der Waals surface area contributed by atoms with Gasteiger partial charge in [0.15, 0.2) is 5.69 Å². The van der Waals surface area contributed by atoms with Crippen molar-refractivity contribution < 1.29 is 4.79 Å². The monoisotopic (exact) mass is 398 g/mol. The van der Waals surface area contributed by atoms with Crippen LogP contribution in [-0.2, 0) is 0 Å². The lowest BCUT2D eigenvalue weighted by atomic mass is 10.1. The van der Waals surface area contributed by atoms with Gasteiger partial charge in [-0.15, -0.1) is 22.6 Å². The number of carbonyl (C=O) groups excluding carboxylic acids is 1. The van der Waals surface area contributed by atoms with Gasteiger partial charge in [-0.25, -0.2) is 0 Å². The van der Waals surface area contributed by atoms with E-state index in [0.717, 1.165) is 30.8 Å². The van der Waals surface area contributed by atoms with E-state index in [-0.39, 0.29) is 24.4 Å². The van der Waals surface area contributed by atoms with Crippen molar-refractivity contribution in [1.29, 1.82) is 0 Å². The number of piperidine rings is 1. The van der Waals surface area contributed by atoms with E-state index < -0.39 is 0 Å². The number of aromatic nitrogens is 2. The Labute approximate surface area is 162 Å². The summed E-state index contributed by atoms with van der Waals surface area (Å²) < 4.78 is 0. The second-order valence-electron chi connectivity index (χ2n) is 5.69. The molecule has 1 N–H and O–H groups in total. The first-order valence-corrected chi connectivity index (χ1v) is 9.08. The highest BCUT2D eigenvalue weighted by atomic mass is 35.5. The van der Waals surface area contributed by atoms with E-state index >= 15 is 0 Å². The van der Waals surface area contributed by atoms with E-state index in [4.69, 9.17) is 11.6 Å². The van der Waals surface area contributed by atoms with Gasteiger partial charge in [-0.1, -0.05) is 35.5 Å². The summed E-state index contributed by atoms with van der Waals surface area (Å²) in [6.45, 7) is 1.89. The van der Waals surface area contributed by atoms with Gasteiger partial charge in [0.2, 0.25) is 0 Å². The van der Waals surface area contributed by atoms with Crippen LogP contribution >= 0.6 is 35.8 Å². The molecule has 0 spiro atoms. The van der Waals surface area contributed by atoms with Gasteiger partial charge in [-0.3, -0.25) is 4.79 Å². The second-order valence-corrected chi connectivity index (χ2v) is 7.16. The van der Waals surface area contributed by atoms with E-state index in [1.165, 1.54) is 11.8 Å². The number of benzene rings is 1. The Morgan fingerprint density at radius 2 is 1.92 bits per heavy atom. The van der Waals surface area contributed by atoms with Crippen LogP contribution in [0.25, 0.3) is 0 Å². The van der Waals surface area contributed by atoms with Crippen molar-refractivity contribution in [2.45, 2.75) is 28.8 Å². The topological polar surface area (TPSA) is 58.1 Å². The number of nitrogens with zero attached hydrogens (tertiary/aromatic N) is 3. The zero-order valence-corrected chi connectivity index (χ0v) is 16.2. The molecular weight excluding hydrogens is 379 g/mol. The lowest BCUT2D eigenvalue weighted by Gasteiger charge is -2.31. The SMILES string of the molecule is CN(C(=O)c1ccc(Sc2ccccc2Cl)nn1)C1CCNCC1.Cl. The number of amides is 1. The minimum atomic E-state index is -0.0799. The Morgan fingerprint density at radius 3 is 2.56 bits per heavy atom. The molecular formula is C17H20Cl2N4OS. The van der Waals surface area contributed by atoms with E-state index in [1.807, 2.05) is 37.4 Å². The standard InChI is InChI=1S/C17H19ClN4OS.ClH/c1-22(12-8-10-19-11-9-12)17(23)14-6-7-16(21-20-14)24-15-5-3-2-4-13(15)18;/h2-7,12,19H,8-11H2,1H3;1H. The largest absolute Gasteiger partial charge is 0.337 e. The van der Waals surface area contributed by atoms with Gasteiger partial charge in [0.1, 0.15) is 5.03 Å². The van der Waals surface area contributed by atoms with E-state index in [2.05, 4.69) is 15.5 Å². The minimum Gasteiger partial charge on any atom is -0.337 e. The Kier molecular flexibility index (Phi) is 7.50. The molecule has 0 saturated carbocycles. The van der Waals surface area contributed by atoms with Crippen LogP contribution in [0.3, 0.4) is 0 Å². The van der Waals surface area contributed by atoms with Crippen LogP contribution in [0, 0.1) is 0 Å². The first kappa shape index (κ1) is 20.0. The van der Waals surface area contributed by atoms with Crippen molar-refractivity contribution in [2.75, 3.05) is 20.1 Å². The molecule has 1 aliphatic heterocycles. The molecule has 1 aromatic carbocycles. The first-order chi connectivity index (χ1) is 11.6. The fourth-order valence-electron chi connectivity index (χ4n) is 2.67. The Morgan fingerprint density at radius 1 is 1.20 bits per heavy atom. The van der Waals surface area contributed by atoms with Gasteiger partial charge in [0.05, 0.1) is 5.02 Å². The molecule has 1 saturated heterocycles. The lowest BCUT2D eigenvalue weighted by molar-refractivity contribution is 0.0695. The molecule has 0 radical (unpaired) electrons. The van der Waals surface area contributed by atoms with Crippen molar-refractivity contribution in [3.8, 4) is 0 Å². The Balaban J connectivity index is 0.00000225. The molecule has 0 bridgehead atoms. The summed E-state index contributed by atoms with van der Waals surface area (Å²) in [4.78, 5) is 15.2. The third-order valence-corrected chi connectivity index (χ3v) is 5.53. The average Bonchev–Trinajstić information content (AvgIpc) is 2.64. The summed E-state index contributed by atoms with van der Waals surface area (Å²) in [5.41, 5.74) is 0.375. The number of carbonyl (C=O) groups is 1. The fourth-order valence-corrected chi connectivity index (χ4v) is 3.68. The third kappa shape index (κ3) is 5.07. The van der Waals surface area contributed by atoms with Gasteiger partial charge in [0, 0.05) is 18.0 Å². The molecule has 2 aromatic rings. The molecule has 8 heteroatoms. The van der Waals surface area contributed by atoms with E-state index in [9.17, 15) is 4.79 Å². The smallest absolute Gasteiger partial charge is 0.274 e. The summed E-state index contributed by atoms with van der Waals surface area (Å²) in [6, 6.07) is 11.4. The maximum absolute atomic E-state index is 12.5. The highest BCUT2D eigenvalue weighted by Crippen LogP contribution is 2.31. The number of nitrogens with one attached hydrogen (secondary N) is 1. The van der Waals surface area contributed by atoms with E-state index in [1.54, 1.807) is 11.0 Å². The average molecular weight is 399 g/mol. The Bertz CT molecular complexity index is 708. The molecule has 1 aromatic heterocycles. The summed E-state index contributed by atoms with van der Waals surface area (Å²) in [7, 11) is 1.84. The summed E-state index contributed by atoms with van der Waals surface area (Å²) >= 11 is 7.58. The van der Waals surface area contributed by atoms with Crippen molar-refractivity contribution in [1.82, 2.24) is 20.4 Å². The van der Waals surface area contributed by atoms with Crippen LogP contribution in [0.2, 0.25) is 5.02 Å². The lowest BCUT2D eigenvalue weighted by Crippen LogP contribution is -2.44. The van der Waals surface area contributed by atoms with Crippen molar-refractivity contribution in [3.05, 3.63) is 47.1 Å². The summed E-state index contributed by atoms with van der Waals surface area (Å²) in [5.74, 6) is -0.0799. The maximum atomic E-state index is 12.5. The zero-order chi connectivity index (χ0) is 16.9. The van der Waals surface area contributed by atoms with Crippen molar-refractivity contribution >= 4 is 41.7 Å². The van der Waals surface area contributed by atoms with Crippen LogP contribution in [0.15, 0.2) is 46.3 Å². The second kappa shape index (κ2) is 9.38. The molecule has 1 aliphatic rings. The number of rotatable bonds is 4. The number of hydrogen-bond acceptors (Lipinski definition) is 5. The molecule has 3 rings (SSSR count). The minimum absolute atomic E-state index is 0. The predicted octanol–water partition coefficient (Wildman–Crippen LogP) is 3.53. The maximum Gasteiger partial charge on any atom is 0.274 e. The fraction of sp³-hybridized carbons (Fsp3) is 0.353. The number of hydrogen-bond donors (Lipinski definition) is 1. The normalized spacial score (nSPS) is 14.6. The summed E-state index contributed by atoms with van der Waals surface area (Å²) in [5, 5.41) is 12.9. The van der Waals surface area contributed by atoms with Gasteiger partial charge >= 0.3 is 0 Å². The highest BCUT2D eigenvalue weighted by molar-refractivity contribution is 7.99. The van der Waals surface area contributed by atoms with Crippen LogP contribution in [0.4, 0.5) is 0 Å². The van der Waals surface area contributed by atoms with Crippen molar-refractivity contribution in [2.24, 2.45) is 0 Å². The molecule has 0 unspecified atom stereocenters. The van der Waals surface area contributed by atoms with Crippen LogP contribution < -0.4 is 5.32 Å². The highest BCUT2D eigenvalue weighted by Gasteiger charge is 2.23. The summed E-state index contributed by atoms with van der Waals surface area (Å²) in [6.07, 6.45) is 1.94. The molecule has 0 atom stereocenters. The molecule has 134 valence electrons. The van der Waals surface area contributed by atoms with Gasteiger partial charge in [0.25, 0.3) is 5.91 Å². The van der Waals surface area contributed by atoms with Gasteiger partial charge in [-0.2, -0.15) is 0 Å². The van der Waals surface area contributed by atoms with Gasteiger partial charge in [-0.05, 0) is 50.2 Å².